The third kappa shape index (κ3) is 2.70. The molecule has 0 aliphatic carbocycles. The van der Waals surface area contributed by atoms with Gasteiger partial charge in [0.25, 0.3) is 0 Å². The Bertz CT molecular complexity index is 597. The van der Waals surface area contributed by atoms with E-state index in [4.69, 9.17) is 16.6 Å². The SMILES string of the molecule is CC1CC(C)CN(C(C)c2nc3ccc(Cl)cc3[nH]2)C1. The van der Waals surface area contributed by atoms with Crippen LogP contribution in [-0.4, -0.2) is 28.0 Å². The van der Waals surface area contributed by atoms with Gasteiger partial charge in [0.05, 0.1) is 17.1 Å². The molecule has 0 saturated carbocycles. The first-order valence-corrected chi connectivity index (χ1v) is 7.80. The normalized spacial score (nSPS) is 26.0. The van der Waals surface area contributed by atoms with Gasteiger partial charge < -0.3 is 4.98 Å². The van der Waals surface area contributed by atoms with Crippen molar-refractivity contribution in [3.63, 3.8) is 0 Å². The summed E-state index contributed by atoms with van der Waals surface area (Å²) in [6, 6.07) is 6.14. The van der Waals surface area contributed by atoms with E-state index < -0.39 is 0 Å². The Kier molecular flexibility index (Phi) is 3.74. The highest BCUT2D eigenvalue weighted by Gasteiger charge is 2.27. The lowest BCUT2D eigenvalue weighted by Gasteiger charge is -2.38. The molecule has 0 amide bonds. The number of H-pyrrole nitrogens is 1. The van der Waals surface area contributed by atoms with Gasteiger partial charge in [0, 0.05) is 18.1 Å². The summed E-state index contributed by atoms with van der Waals surface area (Å²) in [5.74, 6) is 2.57. The van der Waals surface area contributed by atoms with E-state index in [1.54, 1.807) is 0 Å². The number of aromatic nitrogens is 2. The molecule has 1 saturated heterocycles. The molecule has 1 aliphatic heterocycles. The Morgan fingerprint density at radius 3 is 2.70 bits per heavy atom. The zero-order chi connectivity index (χ0) is 14.3. The second-order valence-electron chi connectivity index (χ2n) is 6.36. The van der Waals surface area contributed by atoms with E-state index in [-0.39, 0.29) is 0 Å². The molecular formula is C16H22ClN3. The molecule has 2 heterocycles. The summed E-state index contributed by atoms with van der Waals surface area (Å²) in [6.45, 7) is 9.23. The zero-order valence-electron chi connectivity index (χ0n) is 12.4. The number of rotatable bonds is 2. The fourth-order valence-electron chi connectivity index (χ4n) is 3.40. The number of aromatic amines is 1. The summed E-state index contributed by atoms with van der Waals surface area (Å²) in [4.78, 5) is 10.7. The molecule has 2 aromatic rings. The van der Waals surface area contributed by atoms with Crippen LogP contribution >= 0.6 is 11.6 Å². The molecule has 108 valence electrons. The molecule has 3 rings (SSSR count). The first-order valence-electron chi connectivity index (χ1n) is 7.42. The Balaban J connectivity index is 1.86. The Morgan fingerprint density at radius 2 is 2.00 bits per heavy atom. The van der Waals surface area contributed by atoms with E-state index in [1.165, 1.54) is 6.42 Å². The van der Waals surface area contributed by atoms with Crippen LogP contribution in [0.2, 0.25) is 5.02 Å². The molecule has 3 unspecified atom stereocenters. The molecule has 3 nitrogen and oxygen atoms in total. The van der Waals surface area contributed by atoms with E-state index in [0.29, 0.717) is 6.04 Å². The number of likely N-dealkylation sites (tertiary alicyclic amines) is 1. The molecular weight excluding hydrogens is 270 g/mol. The van der Waals surface area contributed by atoms with Gasteiger partial charge in [-0.15, -0.1) is 0 Å². The second-order valence-corrected chi connectivity index (χ2v) is 6.80. The van der Waals surface area contributed by atoms with E-state index in [0.717, 1.165) is 46.8 Å². The number of halogens is 1. The lowest BCUT2D eigenvalue weighted by atomic mass is 9.91. The van der Waals surface area contributed by atoms with Crippen molar-refractivity contribution in [3.8, 4) is 0 Å². The average Bonchev–Trinajstić information content (AvgIpc) is 2.79. The van der Waals surface area contributed by atoms with Crippen LogP contribution in [0.4, 0.5) is 0 Å². The predicted molar refractivity (Wildman–Crippen MR) is 84.0 cm³/mol. The van der Waals surface area contributed by atoms with Crippen LogP contribution in [0.25, 0.3) is 11.0 Å². The van der Waals surface area contributed by atoms with Crippen LogP contribution in [-0.2, 0) is 0 Å². The van der Waals surface area contributed by atoms with Crippen LogP contribution < -0.4 is 0 Å². The number of fused-ring (bicyclic) bond motifs is 1. The zero-order valence-corrected chi connectivity index (χ0v) is 13.1. The molecule has 20 heavy (non-hydrogen) atoms. The highest BCUT2D eigenvalue weighted by molar-refractivity contribution is 6.31. The van der Waals surface area contributed by atoms with Gasteiger partial charge in [-0.1, -0.05) is 25.4 Å². The predicted octanol–water partition coefficient (Wildman–Crippen LogP) is 4.26. The van der Waals surface area contributed by atoms with Gasteiger partial charge in [0.2, 0.25) is 0 Å². The van der Waals surface area contributed by atoms with Crippen molar-refractivity contribution in [2.24, 2.45) is 11.8 Å². The molecule has 0 spiro atoms. The quantitative estimate of drug-likeness (QED) is 0.897. The van der Waals surface area contributed by atoms with E-state index in [1.807, 2.05) is 18.2 Å². The van der Waals surface area contributed by atoms with Gasteiger partial charge in [0.1, 0.15) is 5.82 Å². The topological polar surface area (TPSA) is 31.9 Å². The molecule has 1 N–H and O–H groups in total. The Labute approximate surface area is 125 Å². The van der Waals surface area contributed by atoms with Crippen molar-refractivity contribution in [2.75, 3.05) is 13.1 Å². The van der Waals surface area contributed by atoms with Gasteiger partial charge in [-0.05, 0) is 43.4 Å². The Morgan fingerprint density at radius 1 is 1.30 bits per heavy atom. The molecule has 1 aromatic heterocycles. The molecule has 1 fully saturated rings. The van der Waals surface area contributed by atoms with Gasteiger partial charge in [0.15, 0.2) is 0 Å². The smallest absolute Gasteiger partial charge is 0.124 e. The largest absolute Gasteiger partial charge is 0.341 e. The van der Waals surface area contributed by atoms with E-state index in [2.05, 4.69) is 30.7 Å². The molecule has 4 heteroatoms. The van der Waals surface area contributed by atoms with Crippen LogP contribution in [0, 0.1) is 11.8 Å². The number of nitrogens with zero attached hydrogens (tertiary/aromatic N) is 2. The monoisotopic (exact) mass is 291 g/mol. The van der Waals surface area contributed by atoms with Crippen molar-refractivity contribution in [3.05, 3.63) is 29.0 Å². The minimum absolute atomic E-state index is 0.325. The molecule has 1 aliphatic rings. The third-order valence-electron chi connectivity index (χ3n) is 4.30. The summed E-state index contributed by atoms with van der Waals surface area (Å²) >= 11 is 6.04. The standard InChI is InChI=1S/C16H22ClN3/c1-10-6-11(2)9-20(8-10)12(3)16-18-14-5-4-13(17)7-15(14)19-16/h4-5,7,10-12H,6,8-9H2,1-3H3,(H,18,19). The lowest BCUT2D eigenvalue weighted by molar-refractivity contribution is 0.0997. The van der Waals surface area contributed by atoms with Crippen molar-refractivity contribution in [2.45, 2.75) is 33.2 Å². The minimum Gasteiger partial charge on any atom is -0.341 e. The van der Waals surface area contributed by atoms with Gasteiger partial charge in [-0.3, -0.25) is 4.90 Å². The number of piperidine rings is 1. The molecule has 3 atom stereocenters. The number of hydrogen-bond acceptors (Lipinski definition) is 2. The van der Waals surface area contributed by atoms with Gasteiger partial charge >= 0.3 is 0 Å². The van der Waals surface area contributed by atoms with Crippen molar-refractivity contribution >= 4 is 22.6 Å². The number of benzene rings is 1. The maximum Gasteiger partial charge on any atom is 0.124 e. The number of hydrogen-bond donors (Lipinski definition) is 1. The fraction of sp³-hybridized carbons (Fsp3) is 0.562. The minimum atomic E-state index is 0.325. The molecule has 1 aromatic carbocycles. The number of nitrogens with one attached hydrogen (secondary N) is 1. The van der Waals surface area contributed by atoms with Crippen LogP contribution in [0.3, 0.4) is 0 Å². The van der Waals surface area contributed by atoms with Crippen molar-refractivity contribution < 1.29 is 0 Å². The third-order valence-corrected chi connectivity index (χ3v) is 4.54. The Hall–Kier alpha value is -1.06. The van der Waals surface area contributed by atoms with Crippen LogP contribution in [0.1, 0.15) is 39.1 Å². The van der Waals surface area contributed by atoms with E-state index in [9.17, 15) is 0 Å². The lowest BCUT2D eigenvalue weighted by Crippen LogP contribution is -2.40. The maximum absolute atomic E-state index is 6.04. The van der Waals surface area contributed by atoms with Gasteiger partial charge in [-0.25, -0.2) is 4.98 Å². The first-order chi connectivity index (χ1) is 9.52. The summed E-state index contributed by atoms with van der Waals surface area (Å²) in [7, 11) is 0. The second kappa shape index (κ2) is 5.38. The van der Waals surface area contributed by atoms with E-state index >= 15 is 0 Å². The molecule has 0 bridgehead atoms. The summed E-state index contributed by atoms with van der Waals surface area (Å²) in [5.41, 5.74) is 2.02. The van der Waals surface area contributed by atoms with Gasteiger partial charge in [-0.2, -0.15) is 0 Å². The highest BCUT2D eigenvalue weighted by atomic mass is 35.5. The van der Waals surface area contributed by atoms with Crippen LogP contribution in [0.5, 0.6) is 0 Å². The number of imidazole rings is 1. The average molecular weight is 292 g/mol. The summed E-state index contributed by atoms with van der Waals surface area (Å²) in [6.07, 6.45) is 1.33. The van der Waals surface area contributed by atoms with Crippen LogP contribution in [0.15, 0.2) is 18.2 Å². The fourth-order valence-corrected chi connectivity index (χ4v) is 3.57. The highest BCUT2D eigenvalue weighted by Crippen LogP contribution is 2.29. The molecule has 0 radical (unpaired) electrons. The van der Waals surface area contributed by atoms with Crippen molar-refractivity contribution in [1.29, 1.82) is 0 Å². The summed E-state index contributed by atoms with van der Waals surface area (Å²) < 4.78 is 0. The first kappa shape index (κ1) is 13.9. The summed E-state index contributed by atoms with van der Waals surface area (Å²) in [5, 5.41) is 0.751. The maximum atomic E-state index is 6.04. The van der Waals surface area contributed by atoms with Crippen molar-refractivity contribution in [1.82, 2.24) is 14.9 Å².